The number of nitrogens with one attached hydrogen (secondary N) is 1. The van der Waals surface area contributed by atoms with E-state index in [9.17, 15) is 13.2 Å². The lowest BCUT2D eigenvalue weighted by molar-refractivity contribution is -0.139. The summed E-state index contributed by atoms with van der Waals surface area (Å²) < 4.78 is 25.7. The lowest BCUT2D eigenvalue weighted by Gasteiger charge is -2.13. The Bertz CT molecular complexity index is 536. The van der Waals surface area contributed by atoms with Crippen LogP contribution in [0.3, 0.4) is 0 Å². The van der Waals surface area contributed by atoms with Crippen LogP contribution < -0.4 is 4.72 Å². The smallest absolute Gasteiger partial charge is 0.324 e. The Morgan fingerprint density at radius 2 is 1.79 bits per heavy atom. The maximum Gasteiger partial charge on any atom is 0.324 e. The first-order valence-corrected chi connectivity index (χ1v) is 7.22. The highest BCUT2D eigenvalue weighted by Gasteiger charge is 2.24. The van der Waals surface area contributed by atoms with Crippen LogP contribution in [0.1, 0.15) is 25.3 Å². The third kappa shape index (κ3) is 4.02. The average Bonchev–Trinajstić information content (AvgIpc) is 2.35. The van der Waals surface area contributed by atoms with Gasteiger partial charge in [0.2, 0.25) is 10.0 Å². The van der Waals surface area contributed by atoms with Crippen molar-refractivity contribution in [2.45, 2.75) is 30.7 Å². The second-order valence-electron chi connectivity index (χ2n) is 4.42. The summed E-state index contributed by atoms with van der Waals surface area (Å²) in [4.78, 5) is 10.7. The van der Waals surface area contributed by atoms with Gasteiger partial charge in [-0.15, -0.1) is 0 Å². The van der Waals surface area contributed by atoms with Gasteiger partial charge in [0, 0.05) is 0 Å². The lowest BCUT2D eigenvalue weighted by Crippen LogP contribution is -2.43. The van der Waals surface area contributed by atoms with E-state index in [0.717, 1.165) is 5.56 Å². The van der Waals surface area contributed by atoms with Gasteiger partial charge in [-0.1, -0.05) is 26.0 Å². The highest BCUT2D eigenvalue weighted by molar-refractivity contribution is 7.89. The number of aliphatic hydroxyl groups excluding tert-OH is 1. The number of sulfonamides is 1. The van der Waals surface area contributed by atoms with E-state index in [-0.39, 0.29) is 10.8 Å². The average molecular weight is 287 g/mol. The Hall–Kier alpha value is -1.44. The number of aliphatic hydroxyl groups is 1. The molecule has 6 nitrogen and oxygen atoms in total. The molecule has 0 aliphatic rings. The molecule has 1 rings (SSSR count). The van der Waals surface area contributed by atoms with Gasteiger partial charge in [0.05, 0.1) is 11.5 Å². The van der Waals surface area contributed by atoms with Gasteiger partial charge in [-0.05, 0) is 23.6 Å². The van der Waals surface area contributed by atoms with Gasteiger partial charge >= 0.3 is 5.97 Å². The fourth-order valence-electron chi connectivity index (χ4n) is 1.45. The molecule has 1 aromatic rings. The summed E-state index contributed by atoms with van der Waals surface area (Å²) in [5.74, 6) is -1.15. The summed E-state index contributed by atoms with van der Waals surface area (Å²) in [5, 5.41) is 17.5. The SMILES string of the molecule is CC(C)c1ccc(S(=O)(=O)N[C@H](CO)C(=O)O)cc1. The van der Waals surface area contributed by atoms with Crippen molar-refractivity contribution in [1.29, 1.82) is 0 Å². The first-order chi connectivity index (χ1) is 8.77. The molecule has 0 spiro atoms. The summed E-state index contributed by atoms with van der Waals surface area (Å²) in [5.41, 5.74) is 0.982. The van der Waals surface area contributed by atoms with Crippen LogP contribution in [-0.4, -0.2) is 37.2 Å². The molecule has 0 aliphatic carbocycles. The number of rotatable bonds is 6. The molecule has 0 aliphatic heterocycles. The van der Waals surface area contributed by atoms with E-state index in [0.29, 0.717) is 0 Å². The minimum absolute atomic E-state index is 0.0309. The Morgan fingerprint density at radius 1 is 1.26 bits per heavy atom. The maximum absolute atomic E-state index is 11.9. The van der Waals surface area contributed by atoms with Crippen molar-refractivity contribution in [3.8, 4) is 0 Å². The third-order valence-corrected chi connectivity index (χ3v) is 4.12. The molecule has 1 aromatic carbocycles. The molecule has 0 amide bonds. The number of carboxylic acid groups (broad SMARTS) is 1. The molecule has 0 bridgehead atoms. The maximum atomic E-state index is 11.9. The fraction of sp³-hybridized carbons (Fsp3) is 0.417. The zero-order valence-corrected chi connectivity index (χ0v) is 11.5. The van der Waals surface area contributed by atoms with Crippen LogP contribution in [-0.2, 0) is 14.8 Å². The highest BCUT2D eigenvalue weighted by Crippen LogP contribution is 2.17. The summed E-state index contributed by atoms with van der Waals surface area (Å²) in [7, 11) is -3.95. The molecule has 0 fully saturated rings. The predicted octanol–water partition coefficient (Wildman–Crippen LogP) is 0.534. The summed E-state index contributed by atoms with van der Waals surface area (Å²) >= 11 is 0. The van der Waals surface area contributed by atoms with E-state index in [2.05, 4.69) is 0 Å². The molecule has 0 heterocycles. The molecular weight excluding hydrogens is 270 g/mol. The minimum Gasteiger partial charge on any atom is -0.480 e. The number of aliphatic carboxylic acids is 1. The van der Waals surface area contributed by atoms with Gasteiger partial charge in [0.15, 0.2) is 0 Å². The van der Waals surface area contributed by atoms with Crippen molar-refractivity contribution < 1.29 is 23.4 Å². The summed E-state index contributed by atoms with van der Waals surface area (Å²) in [6.07, 6.45) is 0. The molecule has 7 heteroatoms. The van der Waals surface area contributed by atoms with Gasteiger partial charge in [-0.25, -0.2) is 8.42 Å². The Balaban J connectivity index is 2.97. The van der Waals surface area contributed by atoms with E-state index < -0.39 is 28.6 Å². The second kappa shape index (κ2) is 6.14. The van der Waals surface area contributed by atoms with E-state index >= 15 is 0 Å². The van der Waals surface area contributed by atoms with Crippen LogP contribution in [0.25, 0.3) is 0 Å². The van der Waals surface area contributed by atoms with E-state index in [1.807, 2.05) is 18.6 Å². The van der Waals surface area contributed by atoms with Gasteiger partial charge in [-0.3, -0.25) is 4.79 Å². The van der Waals surface area contributed by atoms with E-state index in [1.54, 1.807) is 12.1 Å². The van der Waals surface area contributed by atoms with Crippen molar-refractivity contribution in [2.75, 3.05) is 6.61 Å². The topological polar surface area (TPSA) is 104 Å². The van der Waals surface area contributed by atoms with Crippen molar-refractivity contribution in [3.05, 3.63) is 29.8 Å². The number of carbonyl (C=O) groups is 1. The van der Waals surface area contributed by atoms with Gasteiger partial charge in [0.25, 0.3) is 0 Å². The zero-order chi connectivity index (χ0) is 14.6. The quantitative estimate of drug-likeness (QED) is 0.708. The number of hydrogen-bond acceptors (Lipinski definition) is 4. The van der Waals surface area contributed by atoms with Gasteiger partial charge in [-0.2, -0.15) is 4.72 Å². The van der Waals surface area contributed by atoms with Crippen molar-refractivity contribution in [2.24, 2.45) is 0 Å². The Morgan fingerprint density at radius 3 is 2.16 bits per heavy atom. The molecule has 3 N–H and O–H groups in total. The minimum atomic E-state index is -3.95. The van der Waals surface area contributed by atoms with Crippen molar-refractivity contribution >= 4 is 16.0 Å². The van der Waals surface area contributed by atoms with Crippen LogP contribution in [0.2, 0.25) is 0 Å². The van der Waals surface area contributed by atoms with Crippen LogP contribution in [0.5, 0.6) is 0 Å². The van der Waals surface area contributed by atoms with E-state index in [4.69, 9.17) is 10.2 Å². The lowest BCUT2D eigenvalue weighted by atomic mass is 10.0. The standard InChI is InChI=1S/C12H17NO5S/c1-8(2)9-3-5-10(6-4-9)19(17,18)13-11(7-14)12(15)16/h3-6,8,11,13-14H,7H2,1-2H3,(H,15,16)/t11-/m1/s1. The van der Waals surface area contributed by atoms with Gasteiger partial charge in [0.1, 0.15) is 6.04 Å². The normalized spacial score (nSPS) is 13.5. The highest BCUT2D eigenvalue weighted by atomic mass is 32.2. The van der Waals surface area contributed by atoms with Crippen molar-refractivity contribution in [1.82, 2.24) is 4.72 Å². The summed E-state index contributed by atoms with van der Waals surface area (Å²) in [6, 6.07) is 4.62. The number of hydrogen-bond donors (Lipinski definition) is 3. The second-order valence-corrected chi connectivity index (χ2v) is 6.13. The van der Waals surface area contributed by atoms with Crippen LogP contribution in [0.4, 0.5) is 0 Å². The first-order valence-electron chi connectivity index (χ1n) is 5.74. The molecule has 0 saturated heterocycles. The molecular formula is C12H17NO5S. The van der Waals surface area contributed by atoms with Crippen LogP contribution in [0.15, 0.2) is 29.2 Å². The molecule has 1 atom stereocenters. The largest absolute Gasteiger partial charge is 0.480 e. The predicted molar refractivity (Wildman–Crippen MR) is 69.4 cm³/mol. The fourth-order valence-corrected chi connectivity index (χ4v) is 2.63. The third-order valence-electron chi connectivity index (χ3n) is 2.64. The molecule has 19 heavy (non-hydrogen) atoms. The Labute approximate surface area is 112 Å². The number of benzene rings is 1. The Kier molecular flexibility index (Phi) is 5.04. The van der Waals surface area contributed by atoms with Crippen molar-refractivity contribution in [3.63, 3.8) is 0 Å². The number of carboxylic acids is 1. The van der Waals surface area contributed by atoms with Crippen LogP contribution in [0, 0.1) is 0 Å². The molecule has 0 saturated carbocycles. The molecule has 0 aromatic heterocycles. The zero-order valence-electron chi connectivity index (χ0n) is 10.7. The van der Waals surface area contributed by atoms with E-state index in [1.165, 1.54) is 12.1 Å². The summed E-state index contributed by atoms with van der Waals surface area (Å²) in [6.45, 7) is 3.15. The molecule has 106 valence electrons. The van der Waals surface area contributed by atoms with Crippen LogP contribution >= 0.6 is 0 Å². The monoisotopic (exact) mass is 287 g/mol. The molecule has 0 radical (unpaired) electrons. The van der Waals surface area contributed by atoms with Gasteiger partial charge < -0.3 is 10.2 Å². The molecule has 0 unspecified atom stereocenters. The first kappa shape index (κ1) is 15.6.